The van der Waals surface area contributed by atoms with E-state index in [4.69, 9.17) is 0 Å². The van der Waals surface area contributed by atoms with E-state index in [-0.39, 0.29) is 0 Å². The van der Waals surface area contributed by atoms with E-state index in [0.717, 1.165) is 23.2 Å². The first-order valence-electron chi connectivity index (χ1n) is 6.54. The molecular formula is C15H20BrNO. The Labute approximate surface area is 117 Å². The van der Waals surface area contributed by atoms with E-state index in [0.29, 0.717) is 17.5 Å². The molecule has 0 spiro atoms. The second-order valence-electron chi connectivity index (χ2n) is 5.53. The van der Waals surface area contributed by atoms with Gasteiger partial charge in [-0.2, -0.15) is 0 Å². The molecule has 1 aromatic carbocycles. The molecule has 0 aliphatic carbocycles. The number of anilines is 1. The van der Waals surface area contributed by atoms with Gasteiger partial charge in [0.25, 0.3) is 0 Å². The number of piperidine rings is 1. The second-order valence-corrected chi connectivity index (χ2v) is 6.39. The van der Waals surface area contributed by atoms with E-state index in [9.17, 15) is 4.79 Å². The number of hydrogen-bond donors (Lipinski definition) is 0. The van der Waals surface area contributed by atoms with E-state index >= 15 is 0 Å². The highest BCUT2D eigenvalue weighted by molar-refractivity contribution is 9.10. The van der Waals surface area contributed by atoms with Gasteiger partial charge in [-0.25, -0.2) is 0 Å². The molecule has 1 aromatic rings. The summed E-state index contributed by atoms with van der Waals surface area (Å²) >= 11 is 3.47. The Balaban J connectivity index is 2.29. The highest BCUT2D eigenvalue weighted by Gasteiger charge is 2.28. The van der Waals surface area contributed by atoms with Crippen LogP contribution in [0.1, 0.15) is 37.6 Å². The maximum atomic E-state index is 10.8. The van der Waals surface area contributed by atoms with Gasteiger partial charge in [-0.05, 0) is 59.3 Å². The molecule has 1 aliphatic rings. The summed E-state index contributed by atoms with van der Waals surface area (Å²) in [6, 6.07) is 6.55. The van der Waals surface area contributed by atoms with Crippen LogP contribution in [0, 0.1) is 11.8 Å². The fourth-order valence-electron chi connectivity index (χ4n) is 2.85. The first-order valence-corrected chi connectivity index (χ1v) is 7.33. The molecule has 0 radical (unpaired) electrons. The van der Waals surface area contributed by atoms with Crippen molar-refractivity contribution >= 4 is 27.9 Å². The van der Waals surface area contributed by atoms with E-state index < -0.39 is 0 Å². The highest BCUT2D eigenvalue weighted by atomic mass is 79.9. The number of carbonyl (C=O) groups is 1. The zero-order valence-corrected chi connectivity index (χ0v) is 12.8. The van der Waals surface area contributed by atoms with Gasteiger partial charge >= 0.3 is 0 Å². The molecule has 18 heavy (non-hydrogen) atoms. The fourth-order valence-corrected chi connectivity index (χ4v) is 3.31. The molecule has 3 atom stereocenters. The molecule has 2 rings (SSSR count). The minimum atomic E-state index is 0.551. The van der Waals surface area contributed by atoms with E-state index in [1.807, 2.05) is 6.07 Å². The first kappa shape index (κ1) is 13.6. The molecule has 0 bridgehead atoms. The summed E-state index contributed by atoms with van der Waals surface area (Å²) in [7, 11) is 0. The molecule has 0 saturated carbocycles. The summed E-state index contributed by atoms with van der Waals surface area (Å²) in [6.45, 7) is 8.02. The van der Waals surface area contributed by atoms with Gasteiger partial charge in [0, 0.05) is 28.3 Å². The number of hydrogen-bond acceptors (Lipinski definition) is 2. The van der Waals surface area contributed by atoms with Crippen LogP contribution in [0.15, 0.2) is 22.7 Å². The molecule has 1 saturated heterocycles. The average molecular weight is 310 g/mol. The largest absolute Gasteiger partial charge is 0.368 e. The lowest BCUT2D eigenvalue weighted by Crippen LogP contribution is -2.45. The number of halogens is 1. The van der Waals surface area contributed by atoms with Crippen molar-refractivity contribution in [2.24, 2.45) is 11.8 Å². The summed E-state index contributed by atoms with van der Waals surface area (Å²) in [5.74, 6) is 1.43. The van der Waals surface area contributed by atoms with Crippen LogP contribution in [0.4, 0.5) is 5.69 Å². The zero-order chi connectivity index (χ0) is 13.3. The van der Waals surface area contributed by atoms with Crippen LogP contribution in [-0.2, 0) is 0 Å². The van der Waals surface area contributed by atoms with Crippen molar-refractivity contribution in [1.29, 1.82) is 0 Å². The van der Waals surface area contributed by atoms with Crippen LogP contribution in [0.5, 0.6) is 0 Å². The molecular weight excluding hydrogens is 290 g/mol. The standard InChI is InChI=1S/C15H20BrNO/c1-10-6-11(2)12(3)17(8-10)14-5-4-13(9-18)15(16)7-14/h4-5,7,9-12H,6,8H2,1-3H3. The van der Waals surface area contributed by atoms with Gasteiger partial charge in [-0.3, -0.25) is 4.79 Å². The molecule has 0 amide bonds. The third-order valence-corrected chi connectivity index (χ3v) is 4.73. The molecule has 1 heterocycles. The van der Waals surface area contributed by atoms with Crippen molar-refractivity contribution < 1.29 is 4.79 Å². The van der Waals surface area contributed by atoms with Crippen molar-refractivity contribution in [3.05, 3.63) is 28.2 Å². The lowest BCUT2D eigenvalue weighted by atomic mass is 9.85. The van der Waals surface area contributed by atoms with Gasteiger partial charge in [-0.1, -0.05) is 13.8 Å². The van der Waals surface area contributed by atoms with Crippen molar-refractivity contribution in [3.63, 3.8) is 0 Å². The number of nitrogens with zero attached hydrogens (tertiary/aromatic N) is 1. The monoisotopic (exact) mass is 309 g/mol. The smallest absolute Gasteiger partial charge is 0.151 e. The predicted molar refractivity (Wildman–Crippen MR) is 79.3 cm³/mol. The van der Waals surface area contributed by atoms with Gasteiger partial charge in [0.05, 0.1) is 0 Å². The molecule has 98 valence electrons. The number of benzene rings is 1. The number of carbonyl (C=O) groups excluding carboxylic acids is 1. The molecule has 0 N–H and O–H groups in total. The summed E-state index contributed by atoms with van der Waals surface area (Å²) in [5, 5.41) is 0. The van der Waals surface area contributed by atoms with Gasteiger partial charge in [0.1, 0.15) is 0 Å². The quantitative estimate of drug-likeness (QED) is 0.766. The lowest BCUT2D eigenvalue weighted by Gasteiger charge is -2.42. The topological polar surface area (TPSA) is 20.3 Å². The predicted octanol–water partition coefficient (Wildman–Crippen LogP) is 4.13. The van der Waals surface area contributed by atoms with E-state index in [1.165, 1.54) is 12.1 Å². The number of rotatable bonds is 2. The molecule has 0 aromatic heterocycles. The Kier molecular flexibility index (Phi) is 4.10. The molecule has 3 heteroatoms. The summed E-state index contributed by atoms with van der Waals surface area (Å²) in [4.78, 5) is 13.3. The Bertz CT molecular complexity index is 446. The Morgan fingerprint density at radius 3 is 2.67 bits per heavy atom. The highest BCUT2D eigenvalue weighted by Crippen LogP contribution is 2.33. The van der Waals surface area contributed by atoms with Crippen LogP contribution in [-0.4, -0.2) is 18.9 Å². The number of aldehydes is 1. The maximum Gasteiger partial charge on any atom is 0.151 e. The van der Waals surface area contributed by atoms with Crippen LogP contribution < -0.4 is 4.90 Å². The summed E-state index contributed by atoms with van der Waals surface area (Å²) in [6.07, 6.45) is 2.18. The lowest BCUT2D eigenvalue weighted by molar-refractivity contribution is 0.112. The Morgan fingerprint density at radius 1 is 1.33 bits per heavy atom. The molecule has 2 nitrogen and oxygen atoms in total. The van der Waals surface area contributed by atoms with Crippen molar-refractivity contribution in [1.82, 2.24) is 0 Å². The first-order chi connectivity index (χ1) is 8.52. The van der Waals surface area contributed by atoms with Crippen molar-refractivity contribution in [2.45, 2.75) is 33.2 Å². The minimum Gasteiger partial charge on any atom is -0.368 e. The molecule has 3 unspecified atom stereocenters. The van der Waals surface area contributed by atoms with Crippen LogP contribution in [0.3, 0.4) is 0 Å². The summed E-state index contributed by atoms with van der Waals surface area (Å²) in [5.41, 5.74) is 1.92. The van der Waals surface area contributed by atoms with E-state index in [1.54, 1.807) is 0 Å². The third-order valence-electron chi connectivity index (χ3n) is 4.04. The Morgan fingerprint density at radius 2 is 2.06 bits per heavy atom. The van der Waals surface area contributed by atoms with E-state index in [2.05, 4.69) is 53.7 Å². The van der Waals surface area contributed by atoms with Gasteiger partial charge < -0.3 is 4.90 Å². The molecule has 1 fully saturated rings. The minimum absolute atomic E-state index is 0.551. The van der Waals surface area contributed by atoms with Gasteiger partial charge in [-0.15, -0.1) is 0 Å². The zero-order valence-electron chi connectivity index (χ0n) is 11.2. The van der Waals surface area contributed by atoms with Crippen LogP contribution >= 0.6 is 15.9 Å². The normalized spacial score (nSPS) is 28.2. The van der Waals surface area contributed by atoms with Gasteiger partial charge in [0.2, 0.25) is 0 Å². The van der Waals surface area contributed by atoms with Crippen LogP contribution in [0.25, 0.3) is 0 Å². The third kappa shape index (κ3) is 2.61. The molecule has 1 aliphatic heterocycles. The van der Waals surface area contributed by atoms with Gasteiger partial charge in [0.15, 0.2) is 6.29 Å². The van der Waals surface area contributed by atoms with Crippen molar-refractivity contribution in [3.8, 4) is 0 Å². The Hall–Kier alpha value is -0.830. The average Bonchev–Trinajstić information content (AvgIpc) is 2.33. The maximum absolute atomic E-state index is 10.8. The fraction of sp³-hybridized carbons (Fsp3) is 0.533. The van der Waals surface area contributed by atoms with Crippen molar-refractivity contribution in [2.75, 3.05) is 11.4 Å². The second kappa shape index (κ2) is 5.43. The SMILES string of the molecule is CC1CC(C)C(C)N(c2ccc(C=O)c(Br)c2)C1. The van der Waals surface area contributed by atoms with Crippen LogP contribution in [0.2, 0.25) is 0 Å². The summed E-state index contributed by atoms with van der Waals surface area (Å²) < 4.78 is 0.882.